The first kappa shape index (κ1) is 23.4. The molecule has 3 rings (SSSR count). The number of rotatable bonds is 7. The summed E-state index contributed by atoms with van der Waals surface area (Å²) in [6.45, 7) is 3.77. The summed E-state index contributed by atoms with van der Waals surface area (Å²) >= 11 is 0. The van der Waals surface area contributed by atoms with E-state index >= 15 is 0 Å². The average molecular weight is 509 g/mol. The lowest BCUT2D eigenvalue weighted by atomic mass is 9.89. The molecule has 0 bridgehead atoms. The van der Waals surface area contributed by atoms with E-state index < -0.39 is 0 Å². The maximum Gasteiger partial charge on any atom is 0.213 e. The largest absolute Gasteiger partial charge is 0.474 e. The molecular weight excluding hydrogens is 477 g/mol. The van der Waals surface area contributed by atoms with Gasteiger partial charge in [0.1, 0.15) is 6.10 Å². The zero-order valence-corrected chi connectivity index (χ0v) is 19.6. The van der Waals surface area contributed by atoms with Gasteiger partial charge in [-0.2, -0.15) is 0 Å². The molecule has 0 saturated heterocycles. The zero-order chi connectivity index (χ0) is 19.6. The molecule has 2 aromatic rings. The average Bonchev–Trinajstić information content (AvgIpc) is 2.73. The second kappa shape index (κ2) is 12.6. The fourth-order valence-corrected chi connectivity index (χ4v) is 3.40. The lowest BCUT2D eigenvalue weighted by Crippen LogP contribution is -2.37. The summed E-state index contributed by atoms with van der Waals surface area (Å²) in [5.41, 5.74) is 2.19. The van der Waals surface area contributed by atoms with Crippen molar-refractivity contribution in [2.45, 2.75) is 51.7 Å². The summed E-state index contributed by atoms with van der Waals surface area (Å²) in [4.78, 5) is 13.0. The Hall–Kier alpha value is -1.90. The highest BCUT2D eigenvalue weighted by molar-refractivity contribution is 14.0. The van der Waals surface area contributed by atoms with E-state index in [-0.39, 0.29) is 24.0 Å². The molecule has 6 nitrogen and oxygen atoms in total. The molecule has 0 amide bonds. The van der Waals surface area contributed by atoms with E-state index in [4.69, 9.17) is 4.74 Å². The zero-order valence-electron chi connectivity index (χ0n) is 17.3. The summed E-state index contributed by atoms with van der Waals surface area (Å²) in [6.07, 6.45) is 9.52. The van der Waals surface area contributed by atoms with Crippen molar-refractivity contribution in [3.05, 3.63) is 54.0 Å². The number of guanidine groups is 1. The van der Waals surface area contributed by atoms with Gasteiger partial charge in [-0.3, -0.25) is 9.98 Å². The molecule has 2 heterocycles. The SMILES string of the molecule is CN=C(NCCc1ccccn1)NCc1ccnc(OC2CCC(C)CC2)c1.I. The Kier molecular flexibility index (Phi) is 10.2. The summed E-state index contributed by atoms with van der Waals surface area (Å²) in [6, 6.07) is 9.99. The summed E-state index contributed by atoms with van der Waals surface area (Å²) in [7, 11) is 1.78. The standard InChI is InChI=1S/C22H31N5O.HI/c1-17-6-8-20(9-7-17)28-21-15-18(10-13-25-21)16-27-22(23-2)26-14-11-19-5-3-4-12-24-19;/h3-5,10,12-13,15,17,20H,6-9,11,14,16H2,1-2H3,(H2,23,26,27);1H. The van der Waals surface area contributed by atoms with Gasteiger partial charge in [-0.1, -0.05) is 13.0 Å². The molecule has 0 atom stereocenters. The molecule has 158 valence electrons. The topological polar surface area (TPSA) is 71.4 Å². The highest BCUT2D eigenvalue weighted by Crippen LogP contribution is 2.26. The van der Waals surface area contributed by atoms with Gasteiger partial charge in [0.25, 0.3) is 0 Å². The predicted molar refractivity (Wildman–Crippen MR) is 128 cm³/mol. The van der Waals surface area contributed by atoms with Crippen LogP contribution in [0, 0.1) is 5.92 Å². The van der Waals surface area contributed by atoms with Crippen LogP contribution in [0.3, 0.4) is 0 Å². The maximum atomic E-state index is 6.10. The molecule has 1 aliphatic carbocycles. The van der Waals surface area contributed by atoms with Gasteiger partial charge < -0.3 is 15.4 Å². The molecule has 0 radical (unpaired) electrons. The number of aromatic nitrogens is 2. The van der Waals surface area contributed by atoms with Gasteiger partial charge in [-0.15, -0.1) is 24.0 Å². The fraction of sp³-hybridized carbons (Fsp3) is 0.500. The number of hydrogen-bond acceptors (Lipinski definition) is 4. The van der Waals surface area contributed by atoms with E-state index in [1.54, 1.807) is 7.05 Å². The first-order valence-electron chi connectivity index (χ1n) is 10.2. The van der Waals surface area contributed by atoms with Crippen molar-refractivity contribution in [3.63, 3.8) is 0 Å². The minimum Gasteiger partial charge on any atom is -0.474 e. The van der Waals surface area contributed by atoms with Crippen molar-refractivity contribution >= 4 is 29.9 Å². The monoisotopic (exact) mass is 509 g/mol. The first-order valence-corrected chi connectivity index (χ1v) is 10.2. The van der Waals surface area contributed by atoms with Crippen LogP contribution < -0.4 is 15.4 Å². The molecule has 1 saturated carbocycles. The molecule has 0 aromatic carbocycles. The number of nitrogens with zero attached hydrogens (tertiary/aromatic N) is 3. The Morgan fingerprint density at radius 1 is 1.10 bits per heavy atom. The molecule has 2 N–H and O–H groups in total. The van der Waals surface area contributed by atoms with E-state index in [2.05, 4.69) is 32.5 Å². The molecule has 29 heavy (non-hydrogen) atoms. The van der Waals surface area contributed by atoms with Crippen LogP contribution in [0.25, 0.3) is 0 Å². The summed E-state index contributed by atoms with van der Waals surface area (Å²) < 4.78 is 6.10. The van der Waals surface area contributed by atoms with Gasteiger partial charge in [-0.05, 0) is 55.4 Å². The van der Waals surface area contributed by atoms with E-state index in [0.717, 1.165) is 54.8 Å². The van der Waals surface area contributed by atoms with Crippen LogP contribution in [0.2, 0.25) is 0 Å². The van der Waals surface area contributed by atoms with Crippen molar-refractivity contribution in [1.29, 1.82) is 0 Å². The molecule has 0 aliphatic heterocycles. The van der Waals surface area contributed by atoms with Crippen LogP contribution in [0.4, 0.5) is 0 Å². The first-order chi connectivity index (χ1) is 13.7. The second-order valence-corrected chi connectivity index (χ2v) is 7.43. The van der Waals surface area contributed by atoms with Crippen molar-refractivity contribution in [1.82, 2.24) is 20.6 Å². The predicted octanol–water partition coefficient (Wildman–Crippen LogP) is 3.96. The Morgan fingerprint density at radius 3 is 2.66 bits per heavy atom. The molecule has 2 aromatic heterocycles. The number of hydrogen-bond donors (Lipinski definition) is 2. The van der Waals surface area contributed by atoms with Gasteiger partial charge in [0.15, 0.2) is 5.96 Å². The highest BCUT2D eigenvalue weighted by atomic mass is 127. The van der Waals surface area contributed by atoms with E-state index in [0.29, 0.717) is 12.6 Å². The van der Waals surface area contributed by atoms with Crippen LogP contribution in [0.5, 0.6) is 5.88 Å². The van der Waals surface area contributed by atoms with Gasteiger partial charge in [0.05, 0.1) is 0 Å². The third-order valence-electron chi connectivity index (χ3n) is 5.13. The van der Waals surface area contributed by atoms with Crippen molar-refractivity contribution in [2.24, 2.45) is 10.9 Å². The Bertz CT molecular complexity index is 748. The Morgan fingerprint density at radius 2 is 1.93 bits per heavy atom. The maximum absolute atomic E-state index is 6.10. The highest BCUT2D eigenvalue weighted by Gasteiger charge is 2.19. The molecule has 1 aliphatic rings. The minimum absolute atomic E-state index is 0. The fourth-order valence-electron chi connectivity index (χ4n) is 3.40. The van der Waals surface area contributed by atoms with Crippen LogP contribution in [-0.4, -0.2) is 35.6 Å². The Balaban J connectivity index is 0.00000300. The Labute approximate surface area is 191 Å². The lowest BCUT2D eigenvalue weighted by molar-refractivity contribution is 0.130. The number of pyridine rings is 2. The van der Waals surface area contributed by atoms with Gasteiger partial charge in [-0.25, -0.2) is 4.98 Å². The third kappa shape index (κ3) is 8.16. The molecule has 7 heteroatoms. The quantitative estimate of drug-likeness (QED) is 0.336. The normalized spacial score (nSPS) is 19.2. The van der Waals surface area contributed by atoms with Crippen LogP contribution in [-0.2, 0) is 13.0 Å². The molecule has 1 fully saturated rings. The van der Waals surface area contributed by atoms with Crippen LogP contribution in [0.1, 0.15) is 43.9 Å². The number of ether oxygens (including phenoxy) is 1. The smallest absolute Gasteiger partial charge is 0.213 e. The molecular formula is C22H32IN5O. The van der Waals surface area contributed by atoms with E-state index in [1.807, 2.05) is 42.7 Å². The van der Waals surface area contributed by atoms with E-state index in [9.17, 15) is 0 Å². The second-order valence-electron chi connectivity index (χ2n) is 7.43. The number of halogens is 1. The third-order valence-corrected chi connectivity index (χ3v) is 5.13. The number of nitrogens with one attached hydrogen (secondary N) is 2. The summed E-state index contributed by atoms with van der Waals surface area (Å²) in [5, 5.41) is 6.67. The molecule has 0 unspecified atom stereocenters. The number of aliphatic imine (C=N–C) groups is 1. The summed E-state index contributed by atoms with van der Waals surface area (Å²) in [5.74, 6) is 2.31. The van der Waals surface area contributed by atoms with Crippen molar-refractivity contribution in [3.8, 4) is 5.88 Å². The lowest BCUT2D eigenvalue weighted by Gasteiger charge is -2.26. The van der Waals surface area contributed by atoms with Crippen LogP contribution in [0.15, 0.2) is 47.7 Å². The molecule has 0 spiro atoms. The van der Waals surface area contributed by atoms with Gasteiger partial charge in [0.2, 0.25) is 5.88 Å². The van der Waals surface area contributed by atoms with Crippen molar-refractivity contribution < 1.29 is 4.74 Å². The van der Waals surface area contributed by atoms with Crippen molar-refractivity contribution in [2.75, 3.05) is 13.6 Å². The van der Waals surface area contributed by atoms with E-state index in [1.165, 1.54) is 12.8 Å². The minimum atomic E-state index is 0. The van der Waals surface area contributed by atoms with Crippen LogP contribution >= 0.6 is 24.0 Å². The van der Waals surface area contributed by atoms with Gasteiger partial charge in [0, 0.05) is 50.7 Å². The van der Waals surface area contributed by atoms with Gasteiger partial charge >= 0.3 is 0 Å².